The average molecular weight is 318 g/mol. The molecule has 0 aliphatic carbocycles. The molecule has 0 radical (unpaired) electrons. The Morgan fingerprint density at radius 1 is 1.38 bits per heavy atom. The van der Waals surface area contributed by atoms with Crippen molar-refractivity contribution in [1.29, 1.82) is 0 Å². The van der Waals surface area contributed by atoms with E-state index in [0.717, 1.165) is 11.8 Å². The molecule has 21 heavy (non-hydrogen) atoms. The highest BCUT2D eigenvalue weighted by atomic mass is 32.2. The molecule has 1 aliphatic heterocycles. The zero-order valence-electron chi connectivity index (χ0n) is 13.2. The maximum Gasteiger partial charge on any atom is 0.408 e. The number of β-lactam (4-membered cyclic amide) rings is 1. The number of ether oxygens (including phenoxy) is 1. The summed E-state index contributed by atoms with van der Waals surface area (Å²) >= 11 is 0.968. The molecule has 1 atom stereocenters. The lowest BCUT2D eigenvalue weighted by Gasteiger charge is -2.51. The molecule has 1 saturated heterocycles. The van der Waals surface area contributed by atoms with Crippen molar-refractivity contribution in [2.24, 2.45) is 0 Å². The van der Waals surface area contributed by atoms with Crippen LogP contribution in [0.2, 0.25) is 0 Å². The van der Waals surface area contributed by atoms with Crippen LogP contribution in [0.15, 0.2) is 0 Å². The fourth-order valence-electron chi connectivity index (χ4n) is 1.81. The van der Waals surface area contributed by atoms with Crippen LogP contribution in [0.4, 0.5) is 4.79 Å². The van der Waals surface area contributed by atoms with Crippen molar-refractivity contribution in [3.8, 4) is 0 Å². The van der Waals surface area contributed by atoms with Gasteiger partial charge in [0.2, 0.25) is 0 Å². The Morgan fingerprint density at radius 2 is 1.95 bits per heavy atom. The van der Waals surface area contributed by atoms with E-state index in [1.54, 1.807) is 34.6 Å². The van der Waals surface area contributed by atoms with E-state index in [0.29, 0.717) is 0 Å². The van der Waals surface area contributed by atoms with E-state index < -0.39 is 23.3 Å². The lowest BCUT2D eigenvalue weighted by atomic mass is 9.85. The van der Waals surface area contributed by atoms with E-state index in [4.69, 9.17) is 9.57 Å². The van der Waals surface area contributed by atoms with Gasteiger partial charge in [0.1, 0.15) is 17.6 Å². The van der Waals surface area contributed by atoms with Crippen LogP contribution in [-0.2, 0) is 19.2 Å². The van der Waals surface area contributed by atoms with E-state index in [2.05, 4.69) is 5.32 Å². The van der Waals surface area contributed by atoms with Crippen LogP contribution in [0.1, 0.15) is 41.5 Å². The monoisotopic (exact) mass is 318 g/mol. The highest BCUT2D eigenvalue weighted by Crippen LogP contribution is 2.32. The van der Waals surface area contributed by atoms with Crippen molar-refractivity contribution < 1.29 is 24.0 Å². The van der Waals surface area contributed by atoms with E-state index in [1.807, 2.05) is 0 Å². The normalized spacial score (nSPS) is 20.8. The van der Waals surface area contributed by atoms with Gasteiger partial charge in [0.25, 0.3) is 5.91 Å². The number of hydroxylamine groups is 2. The summed E-state index contributed by atoms with van der Waals surface area (Å²) in [4.78, 5) is 39.8. The van der Waals surface area contributed by atoms with Gasteiger partial charge >= 0.3 is 6.09 Å². The SMILES string of the molecule is CC(=O)SCON1C(=O)[C@@H](NC(=O)OC(C)(C)C)C1(C)C. The molecule has 0 unspecified atom stereocenters. The van der Waals surface area contributed by atoms with Gasteiger partial charge in [-0.05, 0) is 34.6 Å². The van der Waals surface area contributed by atoms with Crippen LogP contribution >= 0.6 is 11.8 Å². The Kier molecular flexibility index (Phi) is 5.27. The molecule has 0 bridgehead atoms. The van der Waals surface area contributed by atoms with Crippen molar-refractivity contribution in [2.75, 3.05) is 5.94 Å². The van der Waals surface area contributed by atoms with Crippen LogP contribution < -0.4 is 5.32 Å². The molecule has 1 N–H and O–H groups in total. The molecule has 8 heteroatoms. The first-order chi connectivity index (χ1) is 9.45. The fraction of sp³-hybridized carbons (Fsp3) is 0.769. The summed E-state index contributed by atoms with van der Waals surface area (Å²) in [6.45, 7) is 10.2. The number of hydrogen-bond donors (Lipinski definition) is 1. The molecule has 7 nitrogen and oxygen atoms in total. The van der Waals surface area contributed by atoms with Crippen LogP contribution in [0.3, 0.4) is 0 Å². The van der Waals surface area contributed by atoms with Gasteiger partial charge in [0, 0.05) is 6.92 Å². The Hall–Kier alpha value is -1.28. The van der Waals surface area contributed by atoms with Crippen molar-refractivity contribution in [3.63, 3.8) is 0 Å². The van der Waals surface area contributed by atoms with Gasteiger partial charge < -0.3 is 10.1 Å². The summed E-state index contributed by atoms with van der Waals surface area (Å²) in [7, 11) is 0. The number of carbonyl (C=O) groups excluding carboxylic acids is 3. The smallest absolute Gasteiger partial charge is 0.408 e. The van der Waals surface area contributed by atoms with E-state index in [1.165, 1.54) is 12.0 Å². The highest BCUT2D eigenvalue weighted by Gasteiger charge is 2.56. The highest BCUT2D eigenvalue weighted by molar-refractivity contribution is 8.13. The summed E-state index contributed by atoms with van der Waals surface area (Å²) in [5, 5.41) is 3.61. The molecule has 0 saturated carbocycles. The quantitative estimate of drug-likeness (QED) is 0.627. The van der Waals surface area contributed by atoms with Crippen molar-refractivity contribution >= 4 is 28.9 Å². The third kappa shape index (κ3) is 4.60. The third-order valence-electron chi connectivity index (χ3n) is 2.78. The van der Waals surface area contributed by atoms with E-state index >= 15 is 0 Å². The number of nitrogens with zero attached hydrogens (tertiary/aromatic N) is 1. The zero-order valence-corrected chi connectivity index (χ0v) is 14.0. The van der Waals surface area contributed by atoms with Crippen molar-refractivity contribution in [1.82, 2.24) is 10.4 Å². The Morgan fingerprint density at radius 3 is 2.38 bits per heavy atom. The van der Waals surface area contributed by atoms with Gasteiger partial charge in [0.15, 0.2) is 5.12 Å². The molecule has 1 aliphatic rings. The first-order valence-corrected chi connectivity index (χ1v) is 7.53. The third-order valence-corrected chi connectivity index (χ3v) is 3.41. The largest absolute Gasteiger partial charge is 0.444 e. The van der Waals surface area contributed by atoms with Crippen LogP contribution in [0.5, 0.6) is 0 Å². The first-order valence-electron chi connectivity index (χ1n) is 6.55. The Balaban J connectivity index is 2.54. The molecule has 0 aromatic carbocycles. The van der Waals surface area contributed by atoms with Gasteiger partial charge in [-0.1, -0.05) is 11.8 Å². The number of carbonyl (C=O) groups is 3. The topological polar surface area (TPSA) is 84.9 Å². The first kappa shape index (κ1) is 17.8. The number of nitrogens with one attached hydrogen (secondary N) is 1. The van der Waals surface area contributed by atoms with E-state index in [-0.39, 0.29) is 17.0 Å². The minimum atomic E-state index is -0.713. The molecule has 1 rings (SSSR count). The molecule has 1 heterocycles. The lowest BCUT2D eigenvalue weighted by molar-refractivity contribution is -0.248. The van der Waals surface area contributed by atoms with Gasteiger partial charge in [0.05, 0.1) is 5.54 Å². The molecule has 0 aromatic rings. The van der Waals surface area contributed by atoms with Crippen molar-refractivity contribution in [2.45, 2.75) is 58.7 Å². The Bertz CT molecular complexity index is 444. The summed E-state index contributed by atoms with van der Waals surface area (Å²) in [6.07, 6.45) is -0.647. The predicted octanol–water partition coefficient (Wildman–Crippen LogP) is 1.67. The summed E-state index contributed by atoms with van der Waals surface area (Å²) in [6, 6.07) is -0.713. The van der Waals surface area contributed by atoms with Crippen LogP contribution in [0, 0.1) is 0 Å². The number of thioether (sulfide) groups is 1. The summed E-state index contributed by atoms with van der Waals surface area (Å²) in [5.41, 5.74) is -1.33. The van der Waals surface area contributed by atoms with Gasteiger partial charge in [-0.3, -0.25) is 14.4 Å². The second-order valence-electron chi connectivity index (χ2n) is 6.25. The minimum absolute atomic E-state index is 0.0592. The molecular weight excluding hydrogens is 296 g/mol. The lowest BCUT2D eigenvalue weighted by Crippen LogP contribution is -2.76. The number of hydrogen-bond acceptors (Lipinski definition) is 6. The number of alkyl carbamates (subject to hydrolysis) is 1. The zero-order chi connectivity index (χ0) is 16.4. The van der Waals surface area contributed by atoms with Gasteiger partial charge in [-0.15, -0.1) is 0 Å². The molecular formula is C13H22N2O5S. The maximum atomic E-state index is 12.0. The van der Waals surface area contributed by atoms with Gasteiger partial charge in [-0.2, -0.15) is 0 Å². The molecule has 120 valence electrons. The second-order valence-corrected chi connectivity index (χ2v) is 7.35. The average Bonchev–Trinajstić information content (AvgIpc) is 2.28. The van der Waals surface area contributed by atoms with Gasteiger partial charge in [-0.25, -0.2) is 9.86 Å². The Labute approximate surface area is 128 Å². The predicted molar refractivity (Wildman–Crippen MR) is 78.3 cm³/mol. The molecule has 0 spiro atoms. The van der Waals surface area contributed by atoms with Crippen LogP contribution in [0.25, 0.3) is 0 Å². The second kappa shape index (κ2) is 6.23. The maximum absolute atomic E-state index is 12.0. The van der Waals surface area contributed by atoms with Crippen molar-refractivity contribution in [3.05, 3.63) is 0 Å². The fourth-order valence-corrected chi connectivity index (χ4v) is 2.13. The molecule has 1 fully saturated rings. The van der Waals surface area contributed by atoms with Crippen LogP contribution in [-0.4, -0.2) is 45.3 Å². The standard InChI is InChI=1S/C13H22N2O5S/c1-8(16)21-7-19-15-10(17)9(13(15,5)6)14-11(18)20-12(2,3)4/h9H,7H2,1-6H3,(H,14,18)/t9-/m1/s1. The summed E-state index contributed by atoms with van der Waals surface area (Å²) in [5.74, 6) is -0.307. The minimum Gasteiger partial charge on any atom is -0.444 e. The van der Waals surface area contributed by atoms with E-state index in [9.17, 15) is 14.4 Å². The summed E-state index contributed by atoms with van der Waals surface area (Å²) < 4.78 is 5.12. The number of rotatable bonds is 4. The molecule has 0 aromatic heterocycles. The number of amides is 2. The molecule has 2 amide bonds.